The minimum Gasteiger partial charge on any atom is -0.322 e. The monoisotopic (exact) mass is 376 g/mol. The second-order valence-corrected chi connectivity index (χ2v) is 6.74. The van der Waals surface area contributed by atoms with Gasteiger partial charge in [-0.3, -0.25) is 19.4 Å². The van der Waals surface area contributed by atoms with Gasteiger partial charge in [0.05, 0.1) is 5.69 Å². The van der Waals surface area contributed by atoms with Crippen LogP contribution in [0.5, 0.6) is 0 Å². The van der Waals surface area contributed by atoms with E-state index in [-0.39, 0.29) is 17.4 Å². The zero-order chi connectivity index (χ0) is 19.7. The smallest absolute Gasteiger partial charge is 0.272 e. The van der Waals surface area contributed by atoms with Gasteiger partial charge in [-0.15, -0.1) is 0 Å². The Morgan fingerprint density at radius 1 is 1.25 bits per heavy atom. The van der Waals surface area contributed by atoms with E-state index >= 15 is 0 Å². The van der Waals surface area contributed by atoms with Crippen LogP contribution in [0, 0.1) is 6.92 Å². The molecule has 0 spiro atoms. The lowest BCUT2D eigenvalue weighted by molar-refractivity contribution is 0.102. The highest BCUT2D eigenvalue weighted by Crippen LogP contribution is 2.17. The van der Waals surface area contributed by atoms with Crippen LogP contribution in [0.15, 0.2) is 59.7 Å². The number of aromatic amines is 1. The van der Waals surface area contributed by atoms with Gasteiger partial charge in [0.15, 0.2) is 5.65 Å². The van der Waals surface area contributed by atoms with Gasteiger partial charge in [-0.2, -0.15) is 5.10 Å². The zero-order valence-electron chi connectivity index (χ0n) is 15.6. The molecule has 28 heavy (non-hydrogen) atoms. The van der Waals surface area contributed by atoms with Crippen molar-refractivity contribution in [1.82, 2.24) is 24.4 Å². The van der Waals surface area contributed by atoms with Gasteiger partial charge in [-0.25, -0.2) is 9.50 Å². The first kappa shape index (κ1) is 17.7. The minimum atomic E-state index is -0.329. The number of fused-ring (bicyclic) bond motifs is 1. The topological polar surface area (TPSA) is 97.1 Å². The lowest BCUT2D eigenvalue weighted by Gasteiger charge is -2.12. The van der Waals surface area contributed by atoms with Crippen LogP contribution in [0.25, 0.3) is 5.65 Å². The van der Waals surface area contributed by atoms with Crippen molar-refractivity contribution >= 4 is 17.2 Å². The summed E-state index contributed by atoms with van der Waals surface area (Å²) in [6.45, 7) is 4.55. The number of carbonyl (C=O) groups is 1. The van der Waals surface area contributed by atoms with Crippen molar-refractivity contribution in [3.05, 3.63) is 82.2 Å². The van der Waals surface area contributed by atoms with Gasteiger partial charge in [-0.1, -0.05) is 25.1 Å². The molecular weight excluding hydrogens is 356 g/mol. The quantitative estimate of drug-likeness (QED) is 0.559. The molecule has 1 aromatic carbocycles. The van der Waals surface area contributed by atoms with E-state index in [0.29, 0.717) is 29.1 Å². The highest BCUT2D eigenvalue weighted by Gasteiger charge is 2.18. The number of anilines is 1. The van der Waals surface area contributed by atoms with E-state index in [0.717, 1.165) is 5.69 Å². The molecule has 0 aliphatic carbocycles. The molecule has 3 heterocycles. The van der Waals surface area contributed by atoms with E-state index in [4.69, 9.17) is 0 Å². The molecule has 4 aromatic rings. The number of amides is 1. The third-order valence-corrected chi connectivity index (χ3v) is 4.67. The first-order valence-electron chi connectivity index (χ1n) is 8.99. The largest absolute Gasteiger partial charge is 0.322 e. The van der Waals surface area contributed by atoms with Crippen LogP contribution < -0.4 is 10.9 Å². The second-order valence-electron chi connectivity index (χ2n) is 6.74. The summed E-state index contributed by atoms with van der Waals surface area (Å²) in [5.41, 5.74) is 2.68. The molecule has 2 N–H and O–H groups in total. The Morgan fingerprint density at radius 3 is 2.75 bits per heavy atom. The van der Waals surface area contributed by atoms with E-state index < -0.39 is 0 Å². The van der Waals surface area contributed by atoms with Gasteiger partial charge in [0.25, 0.3) is 11.5 Å². The summed E-state index contributed by atoms with van der Waals surface area (Å²) in [4.78, 5) is 29.8. The van der Waals surface area contributed by atoms with E-state index in [2.05, 4.69) is 20.5 Å². The Balaban J connectivity index is 1.67. The van der Waals surface area contributed by atoms with Crippen molar-refractivity contribution in [3.8, 4) is 0 Å². The van der Waals surface area contributed by atoms with Crippen molar-refractivity contribution in [1.29, 1.82) is 0 Å². The predicted molar refractivity (Wildman–Crippen MR) is 106 cm³/mol. The van der Waals surface area contributed by atoms with Crippen LogP contribution in [-0.4, -0.2) is 30.3 Å². The number of nitrogens with one attached hydrogen (secondary N) is 2. The Labute approximate surface area is 160 Å². The fourth-order valence-corrected chi connectivity index (χ4v) is 3.08. The molecule has 0 aliphatic heterocycles. The number of H-pyrrole nitrogens is 1. The van der Waals surface area contributed by atoms with Gasteiger partial charge >= 0.3 is 0 Å². The molecule has 1 amide bonds. The number of aryl methyl sites for hydroxylation is 1. The van der Waals surface area contributed by atoms with Crippen LogP contribution in [-0.2, 0) is 6.54 Å². The lowest BCUT2D eigenvalue weighted by Crippen LogP contribution is -2.20. The Bertz CT molecular complexity index is 1190. The number of para-hydroxylation sites is 1. The second kappa shape index (κ2) is 7.15. The molecule has 4 rings (SSSR count). The van der Waals surface area contributed by atoms with Crippen LogP contribution >= 0.6 is 0 Å². The van der Waals surface area contributed by atoms with E-state index in [9.17, 15) is 9.59 Å². The number of rotatable bonds is 5. The molecule has 8 nitrogen and oxygen atoms in total. The molecule has 0 radical (unpaired) electrons. The molecule has 0 unspecified atom stereocenters. The number of carbonyl (C=O) groups excluding carboxylic acids is 1. The maximum Gasteiger partial charge on any atom is 0.272 e. The SMILES string of the molecule is Cc1ccnn1C[C@H](C)c1cc(=O)n2[nH]cc(C(=O)Nc3ccccc3)c2n1. The number of hydrogen-bond donors (Lipinski definition) is 2. The first-order chi connectivity index (χ1) is 13.5. The van der Waals surface area contributed by atoms with Crippen molar-refractivity contribution in [2.45, 2.75) is 26.3 Å². The molecule has 0 aliphatic rings. The van der Waals surface area contributed by atoms with Gasteiger partial charge < -0.3 is 5.32 Å². The first-order valence-corrected chi connectivity index (χ1v) is 8.99. The highest BCUT2D eigenvalue weighted by molar-refractivity contribution is 6.08. The summed E-state index contributed by atoms with van der Waals surface area (Å²) in [7, 11) is 0. The Kier molecular flexibility index (Phi) is 4.52. The highest BCUT2D eigenvalue weighted by atomic mass is 16.2. The zero-order valence-corrected chi connectivity index (χ0v) is 15.6. The Morgan fingerprint density at radius 2 is 2.04 bits per heavy atom. The molecule has 0 fully saturated rings. The third kappa shape index (κ3) is 3.32. The standard InChI is InChI=1S/C20H20N6O2/c1-13(12-25-14(2)8-9-21-25)17-10-18(27)26-19(24-17)16(11-22-26)20(28)23-15-6-4-3-5-7-15/h3-11,13,22H,12H2,1-2H3,(H,23,28)/t13-/m0/s1. The number of aromatic nitrogens is 5. The number of benzene rings is 1. The van der Waals surface area contributed by atoms with Crippen LogP contribution in [0.3, 0.4) is 0 Å². The van der Waals surface area contributed by atoms with Gasteiger partial charge in [0.2, 0.25) is 0 Å². The minimum absolute atomic E-state index is 0.0452. The molecule has 0 saturated heterocycles. The van der Waals surface area contributed by atoms with Crippen molar-refractivity contribution in [2.75, 3.05) is 5.32 Å². The fraction of sp³-hybridized carbons (Fsp3) is 0.200. The lowest BCUT2D eigenvalue weighted by atomic mass is 10.1. The van der Waals surface area contributed by atoms with Crippen molar-refractivity contribution in [3.63, 3.8) is 0 Å². The van der Waals surface area contributed by atoms with Crippen LogP contribution in [0.2, 0.25) is 0 Å². The van der Waals surface area contributed by atoms with E-state index in [1.807, 2.05) is 42.8 Å². The third-order valence-electron chi connectivity index (χ3n) is 4.67. The summed E-state index contributed by atoms with van der Waals surface area (Å²) >= 11 is 0. The fourth-order valence-electron chi connectivity index (χ4n) is 3.08. The van der Waals surface area contributed by atoms with Crippen LogP contribution in [0.4, 0.5) is 5.69 Å². The summed E-state index contributed by atoms with van der Waals surface area (Å²) in [6.07, 6.45) is 3.24. The van der Waals surface area contributed by atoms with Gasteiger partial charge in [-0.05, 0) is 25.1 Å². The molecule has 1 atom stereocenters. The summed E-state index contributed by atoms with van der Waals surface area (Å²) < 4.78 is 3.14. The molecule has 0 saturated carbocycles. The van der Waals surface area contributed by atoms with Crippen molar-refractivity contribution < 1.29 is 4.79 Å². The molecular formula is C20H20N6O2. The maximum absolute atomic E-state index is 12.7. The van der Waals surface area contributed by atoms with Crippen LogP contribution in [0.1, 0.15) is 34.6 Å². The van der Waals surface area contributed by atoms with E-state index in [1.165, 1.54) is 16.8 Å². The molecule has 0 bridgehead atoms. The molecule has 8 heteroatoms. The number of nitrogens with zero attached hydrogens (tertiary/aromatic N) is 4. The maximum atomic E-state index is 12.7. The average Bonchev–Trinajstić information content (AvgIpc) is 3.29. The summed E-state index contributed by atoms with van der Waals surface area (Å²) in [6, 6.07) is 12.6. The Hall–Kier alpha value is -3.68. The number of hydrogen-bond acceptors (Lipinski definition) is 4. The summed E-state index contributed by atoms with van der Waals surface area (Å²) in [5, 5.41) is 9.91. The van der Waals surface area contributed by atoms with E-state index in [1.54, 1.807) is 18.3 Å². The predicted octanol–water partition coefficient (Wildman–Crippen LogP) is 2.58. The van der Waals surface area contributed by atoms with Gasteiger partial charge in [0.1, 0.15) is 5.56 Å². The van der Waals surface area contributed by atoms with Crippen molar-refractivity contribution in [2.24, 2.45) is 0 Å². The molecule has 142 valence electrons. The summed E-state index contributed by atoms with van der Waals surface area (Å²) in [5.74, 6) is -0.374. The average molecular weight is 376 g/mol. The van der Waals surface area contributed by atoms with Gasteiger partial charge in [0, 0.05) is 42.3 Å². The molecule has 3 aromatic heterocycles. The normalized spacial score (nSPS) is 12.2.